The largest absolute Gasteiger partial charge is 0.472 e. The molecule has 0 radical (unpaired) electrons. The minimum Gasteiger partial charge on any atom is -0.462 e. The number of phosphoric ester groups is 1. The summed E-state index contributed by atoms with van der Waals surface area (Å²) in [7, 11) is -4.39. The maximum atomic E-state index is 12.7. The van der Waals surface area contributed by atoms with Crippen LogP contribution in [-0.4, -0.2) is 49.3 Å². The molecule has 0 rings (SSSR count). The zero-order valence-corrected chi connectivity index (χ0v) is 51.3. The van der Waals surface area contributed by atoms with E-state index in [1.165, 1.54) is 225 Å². The first-order valence-corrected chi connectivity index (χ1v) is 34.3. The molecule has 3 N–H and O–H groups in total. The Morgan fingerprint density at radius 3 is 1.08 bits per heavy atom. The van der Waals surface area contributed by atoms with Gasteiger partial charge in [0.15, 0.2) is 6.10 Å². The zero-order valence-electron chi connectivity index (χ0n) is 50.4. The lowest BCUT2D eigenvalue weighted by atomic mass is 10.0. The highest BCUT2D eigenvalue weighted by atomic mass is 31.2. The summed E-state index contributed by atoms with van der Waals surface area (Å²) in [6, 6.07) is 0. The molecule has 2 unspecified atom stereocenters. The van der Waals surface area contributed by atoms with Gasteiger partial charge in [-0.3, -0.25) is 18.6 Å². The summed E-state index contributed by atoms with van der Waals surface area (Å²) < 4.78 is 33.1. The second kappa shape index (κ2) is 62.9. The van der Waals surface area contributed by atoms with Crippen LogP contribution in [-0.2, 0) is 32.7 Å². The van der Waals surface area contributed by atoms with Crippen LogP contribution in [0.25, 0.3) is 0 Å². The van der Waals surface area contributed by atoms with Gasteiger partial charge in [-0.1, -0.05) is 293 Å². The molecule has 0 saturated carbocycles. The number of esters is 2. The molecular formula is C67H124NO8P. The number of allylic oxidation sites excluding steroid dienone is 10. The van der Waals surface area contributed by atoms with Crippen LogP contribution in [0, 0.1) is 0 Å². The second-order valence-corrected chi connectivity index (χ2v) is 23.4. The number of carbonyl (C=O) groups excluding carboxylic acids is 2. The van der Waals surface area contributed by atoms with E-state index in [0.29, 0.717) is 6.42 Å². The molecule has 450 valence electrons. The van der Waals surface area contributed by atoms with Crippen LogP contribution >= 0.6 is 7.82 Å². The Morgan fingerprint density at radius 2 is 0.714 bits per heavy atom. The molecule has 0 amide bonds. The maximum Gasteiger partial charge on any atom is 0.472 e. The van der Waals surface area contributed by atoms with E-state index in [0.717, 1.165) is 64.2 Å². The van der Waals surface area contributed by atoms with Crippen LogP contribution in [0.15, 0.2) is 60.8 Å². The number of hydrogen-bond acceptors (Lipinski definition) is 8. The van der Waals surface area contributed by atoms with Gasteiger partial charge >= 0.3 is 19.8 Å². The van der Waals surface area contributed by atoms with E-state index >= 15 is 0 Å². The van der Waals surface area contributed by atoms with Gasteiger partial charge < -0.3 is 20.1 Å². The Labute approximate surface area is 476 Å². The molecule has 10 heteroatoms. The minimum absolute atomic E-state index is 0.0529. The number of nitrogens with two attached hydrogens (primary N) is 1. The smallest absolute Gasteiger partial charge is 0.462 e. The van der Waals surface area contributed by atoms with E-state index in [2.05, 4.69) is 74.6 Å². The topological polar surface area (TPSA) is 134 Å². The summed E-state index contributed by atoms with van der Waals surface area (Å²) in [5, 5.41) is 0. The van der Waals surface area contributed by atoms with Crippen LogP contribution < -0.4 is 5.73 Å². The molecule has 0 aromatic rings. The Balaban J connectivity index is 3.87. The standard InChI is InChI=1S/C67H124NO8P/c1-3-5-7-9-11-13-15-17-19-21-23-25-27-29-30-31-32-33-34-36-37-39-41-43-45-47-49-51-53-55-57-59-66(69)73-63-65(64-75-77(71,72)74-62-61-68)76-67(70)60-58-56-54-52-50-48-46-44-42-40-38-35-28-26-24-22-20-18-16-14-12-10-8-6-4-2/h6,8,12,14,18,20-21,23-24,26,65H,3-5,7,9-11,13,15-17,19,22,25,27-64,68H2,1-2H3,(H,71,72)/b8-6-,14-12-,20-18-,23-21-,26-24-. The highest BCUT2D eigenvalue weighted by molar-refractivity contribution is 7.47. The summed E-state index contributed by atoms with van der Waals surface area (Å²) in [6.07, 6.45) is 80.2. The van der Waals surface area contributed by atoms with Gasteiger partial charge in [-0.05, 0) is 77.0 Å². The molecule has 2 atom stereocenters. The number of phosphoric acid groups is 1. The molecule has 0 aliphatic rings. The van der Waals surface area contributed by atoms with E-state index in [4.69, 9.17) is 24.3 Å². The Morgan fingerprint density at radius 1 is 0.403 bits per heavy atom. The van der Waals surface area contributed by atoms with Crippen molar-refractivity contribution in [1.29, 1.82) is 0 Å². The van der Waals surface area contributed by atoms with Crippen LogP contribution in [0.1, 0.15) is 322 Å². The third-order valence-corrected chi connectivity index (χ3v) is 15.4. The number of rotatable bonds is 62. The van der Waals surface area contributed by atoms with Crippen LogP contribution in [0.3, 0.4) is 0 Å². The van der Waals surface area contributed by atoms with Gasteiger partial charge in [-0.15, -0.1) is 0 Å². The van der Waals surface area contributed by atoms with Gasteiger partial charge in [0.2, 0.25) is 0 Å². The molecular weight excluding hydrogens is 978 g/mol. The van der Waals surface area contributed by atoms with Gasteiger partial charge in [0.1, 0.15) is 6.61 Å². The SMILES string of the molecule is CC/C=C\C/C=C\C/C=C\C/C=C\CCCCCCCCCCCCCCC(=O)OC(COC(=O)CCCCCCCCCCCCCCCCCCCCC/C=C\CCCCCCCCCC)COP(=O)(O)OCCN. The van der Waals surface area contributed by atoms with E-state index in [1.54, 1.807) is 0 Å². The predicted molar refractivity (Wildman–Crippen MR) is 330 cm³/mol. The van der Waals surface area contributed by atoms with Crippen molar-refractivity contribution in [2.75, 3.05) is 26.4 Å². The fraction of sp³-hybridized carbons (Fsp3) is 0.821. The summed E-state index contributed by atoms with van der Waals surface area (Å²) >= 11 is 0. The summed E-state index contributed by atoms with van der Waals surface area (Å²) in [6.45, 7) is 3.68. The third-order valence-electron chi connectivity index (χ3n) is 14.4. The number of ether oxygens (including phenoxy) is 2. The first-order chi connectivity index (χ1) is 37.8. The fourth-order valence-corrected chi connectivity index (χ4v) is 10.3. The second-order valence-electron chi connectivity index (χ2n) is 22.0. The molecule has 0 aliphatic carbocycles. The molecule has 0 saturated heterocycles. The quantitative estimate of drug-likeness (QED) is 0.0264. The fourth-order valence-electron chi connectivity index (χ4n) is 9.57. The monoisotopic (exact) mass is 1100 g/mol. The Kier molecular flexibility index (Phi) is 61.0. The lowest BCUT2D eigenvalue weighted by Crippen LogP contribution is -2.29. The molecule has 0 fully saturated rings. The molecule has 9 nitrogen and oxygen atoms in total. The predicted octanol–water partition coefficient (Wildman–Crippen LogP) is 21.1. The lowest BCUT2D eigenvalue weighted by molar-refractivity contribution is -0.161. The maximum absolute atomic E-state index is 12.7. The Hall–Kier alpha value is -2.29. The molecule has 0 spiro atoms. The van der Waals surface area contributed by atoms with Crippen molar-refractivity contribution < 1.29 is 37.6 Å². The van der Waals surface area contributed by atoms with E-state index < -0.39 is 26.5 Å². The van der Waals surface area contributed by atoms with Gasteiger partial charge in [-0.2, -0.15) is 0 Å². The van der Waals surface area contributed by atoms with Gasteiger partial charge in [0, 0.05) is 19.4 Å². The van der Waals surface area contributed by atoms with Crippen molar-refractivity contribution in [3.8, 4) is 0 Å². The van der Waals surface area contributed by atoms with Gasteiger partial charge in [0.05, 0.1) is 13.2 Å². The average molecular weight is 1100 g/mol. The lowest BCUT2D eigenvalue weighted by Gasteiger charge is -2.19. The highest BCUT2D eigenvalue weighted by Gasteiger charge is 2.26. The molecule has 0 aromatic carbocycles. The first kappa shape index (κ1) is 74.7. The molecule has 0 aliphatic heterocycles. The zero-order chi connectivity index (χ0) is 55.9. The van der Waals surface area contributed by atoms with Crippen LogP contribution in [0.5, 0.6) is 0 Å². The van der Waals surface area contributed by atoms with Crippen molar-refractivity contribution >= 4 is 19.8 Å². The van der Waals surface area contributed by atoms with Crippen molar-refractivity contribution in [2.24, 2.45) is 5.73 Å². The third kappa shape index (κ3) is 62.8. The van der Waals surface area contributed by atoms with Gasteiger partial charge in [-0.25, -0.2) is 4.57 Å². The Bertz CT molecular complexity index is 1440. The summed E-state index contributed by atoms with van der Waals surface area (Å²) in [5.41, 5.74) is 5.39. The van der Waals surface area contributed by atoms with Crippen molar-refractivity contribution in [1.82, 2.24) is 0 Å². The van der Waals surface area contributed by atoms with Crippen LogP contribution in [0.4, 0.5) is 0 Å². The number of unbranched alkanes of at least 4 members (excludes halogenated alkanes) is 39. The van der Waals surface area contributed by atoms with Crippen LogP contribution in [0.2, 0.25) is 0 Å². The van der Waals surface area contributed by atoms with Gasteiger partial charge in [0.25, 0.3) is 0 Å². The van der Waals surface area contributed by atoms with Crippen molar-refractivity contribution in [3.63, 3.8) is 0 Å². The molecule has 77 heavy (non-hydrogen) atoms. The normalized spacial score (nSPS) is 13.4. The number of hydrogen-bond donors (Lipinski definition) is 2. The molecule has 0 heterocycles. The van der Waals surface area contributed by atoms with E-state index in [1.807, 2.05) is 0 Å². The average Bonchev–Trinajstić information content (AvgIpc) is 3.42. The van der Waals surface area contributed by atoms with Crippen molar-refractivity contribution in [3.05, 3.63) is 60.8 Å². The van der Waals surface area contributed by atoms with E-state index in [-0.39, 0.29) is 38.6 Å². The van der Waals surface area contributed by atoms with Crippen molar-refractivity contribution in [2.45, 2.75) is 328 Å². The summed E-state index contributed by atoms with van der Waals surface area (Å²) in [4.78, 5) is 35.3. The number of carbonyl (C=O) groups is 2. The first-order valence-electron chi connectivity index (χ1n) is 32.8. The minimum atomic E-state index is -4.39. The highest BCUT2D eigenvalue weighted by Crippen LogP contribution is 2.43. The summed E-state index contributed by atoms with van der Waals surface area (Å²) in [5.74, 6) is -0.817. The molecule has 0 aromatic heterocycles. The van der Waals surface area contributed by atoms with E-state index in [9.17, 15) is 19.0 Å². The molecule has 0 bridgehead atoms.